The molecular weight excluding hydrogens is 300 g/mol. The molecule has 3 rings (SSSR count). The van der Waals surface area contributed by atoms with Gasteiger partial charge in [-0.05, 0) is 35.4 Å². The molecular formula is C21H18OS. The van der Waals surface area contributed by atoms with Crippen molar-refractivity contribution in [2.75, 3.05) is 0 Å². The van der Waals surface area contributed by atoms with Gasteiger partial charge >= 0.3 is 0 Å². The molecule has 0 spiro atoms. The highest BCUT2D eigenvalue weighted by atomic mass is 32.2. The molecule has 0 radical (unpaired) electrons. The summed E-state index contributed by atoms with van der Waals surface area (Å²) >= 11 is 1.60. The van der Waals surface area contributed by atoms with Crippen molar-refractivity contribution in [2.45, 2.75) is 16.6 Å². The van der Waals surface area contributed by atoms with Crippen LogP contribution >= 0.6 is 11.8 Å². The van der Waals surface area contributed by atoms with Crippen LogP contribution in [0.2, 0.25) is 0 Å². The van der Waals surface area contributed by atoms with E-state index in [1.807, 2.05) is 72.8 Å². The van der Waals surface area contributed by atoms with Crippen molar-refractivity contribution in [2.24, 2.45) is 0 Å². The molecule has 23 heavy (non-hydrogen) atoms. The summed E-state index contributed by atoms with van der Waals surface area (Å²) in [7, 11) is 0. The second-order valence-corrected chi connectivity index (χ2v) is 6.65. The van der Waals surface area contributed by atoms with Gasteiger partial charge in [0.05, 0.1) is 5.25 Å². The molecule has 1 atom stereocenters. The first-order chi connectivity index (χ1) is 11.3. The Morgan fingerprint density at radius 2 is 1.65 bits per heavy atom. The maximum absolute atomic E-state index is 12.9. The summed E-state index contributed by atoms with van der Waals surface area (Å²) < 4.78 is 0. The van der Waals surface area contributed by atoms with E-state index >= 15 is 0 Å². The van der Waals surface area contributed by atoms with Crippen molar-refractivity contribution in [3.05, 3.63) is 91.0 Å². The normalized spacial score (nSPS) is 12.0. The van der Waals surface area contributed by atoms with E-state index in [9.17, 15) is 4.79 Å². The third-order valence-corrected chi connectivity index (χ3v) is 4.96. The highest BCUT2D eigenvalue weighted by molar-refractivity contribution is 8.00. The smallest absolute Gasteiger partial charge is 0.176 e. The molecule has 0 aliphatic carbocycles. The molecule has 2 heteroatoms. The van der Waals surface area contributed by atoms with E-state index in [1.54, 1.807) is 11.8 Å². The Bertz CT molecular complexity index is 823. The largest absolute Gasteiger partial charge is 0.293 e. The molecule has 0 heterocycles. The van der Waals surface area contributed by atoms with E-state index in [0.717, 1.165) is 21.2 Å². The van der Waals surface area contributed by atoms with Crippen LogP contribution < -0.4 is 0 Å². The first-order valence-electron chi connectivity index (χ1n) is 7.63. The van der Waals surface area contributed by atoms with Gasteiger partial charge < -0.3 is 0 Å². The summed E-state index contributed by atoms with van der Waals surface area (Å²) in [5, 5.41) is 2.11. The Kier molecular flexibility index (Phi) is 4.94. The summed E-state index contributed by atoms with van der Waals surface area (Å²) in [5.74, 6) is 0.157. The number of ketones is 1. The molecule has 0 N–H and O–H groups in total. The van der Waals surface area contributed by atoms with Gasteiger partial charge in [-0.3, -0.25) is 4.79 Å². The standard InChI is InChI=1S/C21H18OS/c1-2-8-20(23-19-11-4-3-5-12-19)21(22)18-14-13-16-9-6-7-10-17(16)15-18/h2-7,9-15,20H,1,8H2. The van der Waals surface area contributed by atoms with Crippen LogP contribution in [0.15, 0.2) is 90.3 Å². The van der Waals surface area contributed by atoms with Gasteiger partial charge in [0.15, 0.2) is 5.78 Å². The van der Waals surface area contributed by atoms with E-state index in [4.69, 9.17) is 0 Å². The predicted octanol–water partition coefficient (Wildman–Crippen LogP) is 5.76. The highest BCUT2D eigenvalue weighted by Crippen LogP contribution is 2.29. The quantitative estimate of drug-likeness (QED) is 0.326. The zero-order valence-corrected chi connectivity index (χ0v) is 13.6. The monoisotopic (exact) mass is 318 g/mol. The first-order valence-corrected chi connectivity index (χ1v) is 8.51. The van der Waals surface area contributed by atoms with Crippen LogP contribution in [0.1, 0.15) is 16.8 Å². The average molecular weight is 318 g/mol. The third-order valence-electron chi connectivity index (χ3n) is 3.73. The van der Waals surface area contributed by atoms with Crippen molar-refractivity contribution in [3.8, 4) is 0 Å². The minimum Gasteiger partial charge on any atom is -0.293 e. The molecule has 3 aromatic carbocycles. The molecule has 0 fully saturated rings. The van der Waals surface area contributed by atoms with Crippen LogP contribution in [0.5, 0.6) is 0 Å². The van der Waals surface area contributed by atoms with Crippen LogP contribution in [-0.4, -0.2) is 11.0 Å². The van der Waals surface area contributed by atoms with Crippen molar-refractivity contribution in [1.82, 2.24) is 0 Å². The van der Waals surface area contributed by atoms with E-state index in [1.165, 1.54) is 0 Å². The number of thioether (sulfide) groups is 1. The third kappa shape index (κ3) is 3.72. The van der Waals surface area contributed by atoms with Gasteiger partial charge in [-0.1, -0.05) is 60.7 Å². The predicted molar refractivity (Wildman–Crippen MR) is 99.2 cm³/mol. The zero-order valence-electron chi connectivity index (χ0n) is 12.8. The Morgan fingerprint density at radius 1 is 0.957 bits per heavy atom. The molecule has 0 bridgehead atoms. The summed E-state index contributed by atoms with van der Waals surface area (Å²) in [6.07, 6.45) is 2.48. The maximum atomic E-state index is 12.9. The Morgan fingerprint density at radius 3 is 2.39 bits per heavy atom. The number of carbonyl (C=O) groups is 1. The van der Waals surface area contributed by atoms with Crippen molar-refractivity contribution < 1.29 is 4.79 Å². The van der Waals surface area contributed by atoms with E-state index in [0.29, 0.717) is 6.42 Å². The van der Waals surface area contributed by atoms with Crippen LogP contribution in [0, 0.1) is 0 Å². The number of Topliss-reactive ketones (excluding diaryl/α,β-unsaturated/α-hetero) is 1. The minimum atomic E-state index is -0.143. The lowest BCUT2D eigenvalue weighted by Crippen LogP contribution is -2.16. The summed E-state index contributed by atoms with van der Waals surface area (Å²) in [6.45, 7) is 3.80. The van der Waals surface area contributed by atoms with Gasteiger partial charge in [0.25, 0.3) is 0 Å². The molecule has 0 saturated carbocycles. The van der Waals surface area contributed by atoms with E-state index < -0.39 is 0 Å². The van der Waals surface area contributed by atoms with Crippen molar-refractivity contribution in [1.29, 1.82) is 0 Å². The lowest BCUT2D eigenvalue weighted by Gasteiger charge is -2.14. The van der Waals surface area contributed by atoms with Gasteiger partial charge in [0, 0.05) is 10.5 Å². The van der Waals surface area contributed by atoms with E-state index in [2.05, 4.69) is 12.6 Å². The molecule has 0 amide bonds. The summed E-state index contributed by atoms with van der Waals surface area (Å²) in [4.78, 5) is 14.0. The molecule has 1 nitrogen and oxygen atoms in total. The fourth-order valence-electron chi connectivity index (χ4n) is 2.55. The number of rotatable bonds is 6. The number of fused-ring (bicyclic) bond motifs is 1. The lowest BCUT2D eigenvalue weighted by atomic mass is 10.0. The van der Waals surface area contributed by atoms with Crippen LogP contribution in [0.25, 0.3) is 10.8 Å². The molecule has 0 aromatic heterocycles. The number of hydrogen-bond acceptors (Lipinski definition) is 2. The molecule has 1 unspecified atom stereocenters. The average Bonchev–Trinajstić information content (AvgIpc) is 2.61. The van der Waals surface area contributed by atoms with Crippen molar-refractivity contribution >= 4 is 28.3 Å². The lowest BCUT2D eigenvalue weighted by molar-refractivity contribution is 0.0990. The molecule has 3 aromatic rings. The molecule has 114 valence electrons. The maximum Gasteiger partial charge on any atom is 0.176 e. The van der Waals surface area contributed by atoms with Gasteiger partial charge in [0.2, 0.25) is 0 Å². The molecule has 0 aliphatic rings. The topological polar surface area (TPSA) is 17.1 Å². The highest BCUT2D eigenvalue weighted by Gasteiger charge is 2.20. The summed E-state index contributed by atoms with van der Waals surface area (Å²) in [5.41, 5.74) is 0.763. The van der Waals surface area contributed by atoms with Gasteiger partial charge in [-0.15, -0.1) is 18.3 Å². The van der Waals surface area contributed by atoms with Crippen molar-refractivity contribution in [3.63, 3.8) is 0 Å². The SMILES string of the molecule is C=CCC(Sc1ccccc1)C(=O)c1ccc2ccccc2c1. The summed E-state index contributed by atoms with van der Waals surface area (Å²) in [6, 6.07) is 24.1. The first kappa shape index (κ1) is 15.6. The Balaban J connectivity index is 1.88. The Hall–Kier alpha value is -2.32. The number of allylic oxidation sites excluding steroid dienone is 1. The molecule has 0 aliphatic heterocycles. The van der Waals surface area contributed by atoms with Crippen LogP contribution in [0.4, 0.5) is 0 Å². The van der Waals surface area contributed by atoms with Crippen LogP contribution in [0.3, 0.4) is 0 Å². The van der Waals surface area contributed by atoms with Gasteiger partial charge in [0.1, 0.15) is 0 Å². The fraction of sp³-hybridized carbons (Fsp3) is 0.0952. The van der Waals surface area contributed by atoms with Crippen LogP contribution in [-0.2, 0) is 0 Å². The number of hydrogen-bond donors (Lipinski definition) is 0. The van der Waals surface area contributed by atoms with E-state index in [-0.39, 0.29) is 11.0 Å². The second kappa shape index (κ2) is 7.30. The number of benzene rings is 3. The van der Waals surface area contributed by atoms with Gasteiger partial charge in [-0.25, -0.2) is 0 Å². The number of carbonyl (C=O) groups excluding carboxylic acids is 1. The Labute approximate surface area is 141 Å². The fourth-order valence-corrected chi connectivity index (χ4v) is 3.67. The molecule has 0 saturated heterocycles. The van der Waals surface area contributed by atoms with Gasteiger partial charge in [-0.2, -0.15) is 0 Å². The zero-order chi connectivity index (χ0) is 16.1. The minimum absolute atomic E-state index is 0.143. The second-order valence-electron chi connectivity index (χ2n) is 5.37.